The lowest BCUT2D eigenvalue weighted by Gasteiger charge is -2.34. The molecule has 1 aliphatic heterocycles. The van der Waals surface area contributed by atoms with Gasteiger partial charge >= 0.3 is 0 Å². The van der Waals surface area contributed by atoms with Crippen LogP contribution in [0.15, 0.2) is 18.2 Å². The Balaban J connectivity index is 2.05. The van der Waals surface area contributed by atoms with Crippen molar-refractivity contribution in [3.63, 3.8) is 0 Å². The number of nitrogens with zero attached hydrogens (tertiary/aromatic N) is 1. The van der Waals surface area contributed by atoms with E-state index in [1.165, 1.54) is 0 Å². The number of carbonyl (C=O) groups is 1. The Labute approximate surface area is 129 Å². The van der Waals surface area contributed by atoms with Crippen molar-refractivity contribution in [2.75, 3.05) is 25.0 Å². The zero-order valence-electron chi connectivity index (χ0n) is 11.2. The summed E-state index contributed by atoms with van der Waals surface area (Å²) >= 11 is 11.9. The molecule has 0 bridgehead atoms. The standard InChI is InChI=1S/C14H19Cl2N3O/c15-10-4-5-12(11(16)9-10)18-14(20)13-3-1-2-7-19(13)8-6-17/h4-5,9,13H,1-3,6-8,17H2,(H,18,20). The zero-order chi connectivity index (χ0) is 14.5. The number of hydrogen-bond acceptors (Lipinski definition) is 3. The maximum Gasteiger partial charge on any atom is 0.241 e. The van der Waals surface area contributed by atoms with Crippen molar-refractivity contribution in [2.24, 2.45) is 5.73 Å². The summed E-state index contributed by atoms with van der Waals surface area (Å²) in [6, 6.07) is 4.93. The van der Waals surface area contributed by atoms with Gasteiger partial charge in [0.05, 0.1) is 16.8 Å². The number of nitrogens with one attached hydrogen (secondary N) is 1. The summed E-state index contributed by atoms with van der Waals surface area (Å²) in [5.74, 6) is -0.0256. The van der Waals surface area contributed by atoms with E-state index in [4.69, 9.17) is 28.9 Å². The molecule has 110 valence electrons. The Morgan fingerprint density at radius 2 is 2.20 bits per heavy atom. The van der Waals surface area contributed by atoms with E-state index in [1.54, 1.807) is 18.2 Å². The third-order valence-corrected chi connectivity index (χ3v) is 4.07. The van der Waals surface area contributed by atoms with Crippen molar-refractivity contribution in [2.45, 2.75) is 25.3 Å². The number of anilines is 1. The van der Waals surface area contributed by atoms with Gasteiger partial charge in [0.15, 0.2) is 0 Å². The number of benzene rings is 1. The Morgan fingerprint density at radius 3 is 2.90 bits per heavy atom. The van der Waals surface area contributed by atoms with Crippen LogP contribution in [-0.2, 0) is 4.79 Å². The molecule has 1 unspecified atom stereocenters. The first-order valence-corrected chi connectivity index (χ1v) is 7.57. The second-order valence-electron chi connectivity index (χ2n) is 4.95. The first-order chi connectivity index (χ1) is 9.61. The molecule has 0 radical (unpaired) electrons. The lowest BCUT2D eigenvalue weighted by Crippen LogP contribution is -2.48. The van der Waals surface area contributed by atoms with Gasteiger partial charge in [-0.1, -0.05) is 29.6 Å². The average Bonchev–Trinajstić information content (AvgIpc) is 2.43. The third-order valence-electron chi connectivity index (χ3n) is 3.52. The van der Waals surface area contributed by atoms with E-state index in [1.807, 2.05) is 0 Å². The van der Waals surface area contributed by atoms with Gasteiger partial charge in [-0.25, -0.2) is 0 Å². The van der Waals surface area contributed by atoms with Crippen LogP contribution in [0.3, 0.4) is 0 Å². The molecule has 4 nitrogen and oxygen atoms in total. The lowest BCUT2D eigenvalue weighted by molar-refractivity contribution is -0.122. The second kappa shape index (κ2) is 7.27. The Kier molecular flexibility index (Phi) is 5.66. The van der Waals surface area contributed by atoms with Gasteiger partial charge in [-0.05, 0) is 37.6 Å². The van der Waals surface area contributed by atoms with Crippen molar-refractivity contribution in [1.29, 1.82) is 0 Å². The summed E-state index contributed by atoms with van der Waals surface area (Å²) in [7, 11) is 0. The van der Waals surface area contributed by atoms with Crippen LogP contribution >= 0.6 is 23.2 Å². The van der Waals surface area contributed by atoms with E-state index >= 15 is 0 Å². The number of hydrogen-bond donors (Lipinski definition) is 2. The molecule has 1 saturated heterocycles. The van der Waals surface area contributed by atoms with Crippen LogP contribution in [0, 0.1) is 0 Å². The predicted molar refractivity (Wildman–Crippen MR) is 83.4 cm³/mol. The van der Waals surface area contributed by atoms with Crippen molar-refractivity contribution in [3.05, 3.63) is 28.2 Å². The molecule has 1 fully saturated rings. The highest BCUT2D eigenvalue weighted by Crippen LogP contribution is 2.26. The summed E-state index contributed by atoms with van der Waals surface area (Å²) in [6.07, 6.45) is 3.04. The Hall–Kier alpha value is -0.810. The fourth-order valence-electron chi connectivity index (χ4n) is 2.53. The minimum absolute atomic E-state index is 0.0256. The molecule has 20 heavy (non-hydrogen) atoms. The van der Waals surface area contributed by atoms with E-state index in [0.717, 1.165) is 32.4 Å². The van der Waals surface area contributed by atoms with Crippen LogP contribution in [0.4, 0.5) is 5.69 Å². The van der Waals surface area contributed by atoms with Crippen molar-refractivity contribution < 1.29 is 4.79 Å². The Bertz CT molecular complexity index is 479. The number of halogens is 2. The fourth-order valence-corrected chi connectivity index (χ4v) is 2.98. The van der Waals surface area contributed by atoms with Gasteiger partial charge in [0.1, 0.15) is 0 Å². The van der Waals surface area contributed by atoms with Gasteiger partial charge in [0, 0.05) is 18.1 Å². The zero-order valence-corrected chi connectivity index (χ0v) is 12.8. The van der Waals surface area contributed by atoms with E-state index < -0.39 is 0 Å². The van der Waals surface area contributed by atoms with Crippen LogP contribution in [0.2, 0.25) is 10.0 Å². The molecule has 0 aliphatic carbocycles. The molecule has 1 aliphatic rings. The minimum atomic E-state index is -0.126. The molecule has 1 atom stereocenters. The summed E-state index contributed by atoms with van der Waals surface area (Å²) in [5.41, 5.74) is 6.20. The minimum Gasteiger partial charge on any atom is -0.329 e. The van der Waals surface area contributed by atoms with Crippen molar-refractivity contribution >= 4 is 34.8 Å². The molecule has 2 rings (SSSR count). The van der Waals surface area contributed by atoms with E-state index in [9.17, 15) is 4.79 Å². The van der Waals surface area contributed by atoms with Gasteiger partial charge in [0.25, 0.3) is 0 Å². The quantitative estimate of drug-likeness (QED) is 0.898. The van der Waals surface area contributed by atoms with E-state index in [-0.39, 0.29) is 11.9 Å². The largest absolute Gasteiger partial charge is 0.329 e. The molecule has 0 spiro atoms. The number of piperidine rings is 1. The van der Waals surface area contributed by atoms with Crippen LogP contribution in [0.1, 0.15) is 19.3 Å². The lowest BCUT2D eigenvalue weighted by atomic mass is 10.0. The van der Waals surface area contributed by atoms with Gasteiger partial charge in [-0.2, -0.15) is 0 Å². The average molecular weight is 316 g/mol. The van der Waals surface area contributed by atoms with Crippen LogP contribution in [0.5, 0.6) is 0 Å². The van der Waals surface area contributed by atoms with Gasteiger partial charge in [-0.15, -0.1) is 0 Å². The smallest absolute Gasteiger partial charge is 0.241 e. The molecular weight excluding hydrogens is 297 g/mol. The summed E-state index contributed by atoms with van der Waals surface area (Å²) < 4.78 is 0. The van der Waals surface area contributed by atoms with Gasteiger partial charge in [-0.3, -0.25) is 9.69 Å². The number of nitrogens with two attached hydrogens (primary N) is 1. The number of likely N-dealkylation sites (tertiary alicyclic amines) is 1. The first-order valence-electron chi connectivity index (χ1n) is 6.82. The van der Waals surface area contributed by atoms with E-state index in [2.05, 4.69) is 10.2 Å². The summed E-state index contributed by atoms with van der Waals surface area (Å²) in [6.45, 7) is 2.22. The normalized spacial score (nSPS) is 19.9. The van der Waals surface area contributed by atoms with E-state index in [0.29, 0.717) is 22.3 Å². The molecule has 1 heterocycles. The molecule has 1 aromatic rings. The number of carbonyl (C=O) groups excluding carboxylic acids is 1. The molecule has 3 N–H and O–H groups in total. The van der Waals surface area contributed by atoms with Crippen LogP contribution in [0.25, 0.3) is 0 Å². The monoisotopic (exact) mass is 315 g/mol. The SMILES string of the molecule is NCCN1CCCCC1C(=O)Nc1ccc(Cl)cc1Cl. The second-order valence-corrected chi connectivity index (χ2v) is 5.79. The molecule has 0 aromatic heterocycles. The predicted octanol–water partition coefficient (Wildman–Crippen LogP) is 2.75. The third kappa shape index (κ3) is 3.85. The Morgan fingerprint density at radius 1 is 1.40 bits per heavy atom. The molecule has 0 saturated carbocycles. The maximum absolute atomic E-state index is 12.4. The highest BCUT2D eigenvalue weighted by molar-refractivity contribution is 6.36. The van der Waals surface area contributed by atoms with Crippen molar-refractivity contribution in [1.82, 2.24) is 4.90 Å². The topological polar surface area (TPSA) is 58.4 Å². The summed E-state index contributed by atoms with van der Waals surface area (Å²) in [5, 5.41) is 3.89. The van der Waals surface area contributed by atoms with Gasteiger partial charge in [0.2, 0.25) is 5.91 Å². The fraction of sp³-hybridized carbons (Fsp3) is 0.500. The molecular formula is C14H19Cl2N3O. The first kappa shape index (κ1) is 15.6. The highest BCUT2D eigenvalue weighted by atomic mass is 35.5. The van der Waals surface area contributed by atoms with Crippen molar-refractivity contribution in [3.8, 4) is 0 Å². The summed E-state index contributed by atoms with van der Waals surface area (Å²) in [4.78, 5) is 14.5. The van der Waals surface area contributed by atoms with Crippen LogP contribution < -0.4 is 11.1 Å². The molecule has 6 heteroatoms. The van der Waals surface area contributed by atoms with Gasteiger partial charge < -0.3 is 11.1 Å². The van der Waals surface area contributed by atoms with Crippen LogP contribution in [-0.4, -0.2) is 36.5 Å². The molecule has 1 aromatic carbocycles. The maximum atomic E-state index is 12.4. The molecule has 1 amide bonds. The number of amides is 1. The highest BCUT2D eigenvalue weighted by Gasteiger charge is 2.28. The number of rotatable bonds is 4.